The standard InChI is InChI=1S/C13H15ClN4O/c1-2-11(12-16-5-6-17-12)18-13(19)9-7-8(15)3-4-10(9)14/h3-7,11H,2,15H2,1H3,(H,16,17)(H,18,19). The molecule has 1 heterocycles. The number of nitrogens with one attached hydrogen (secondary N) is 2. The predicted octanol–water partition coefficient (Wildman–Crippen LogP) is 2.53. The predicted molar refractivity (Wildman–Crippen MR) is 75.0 cm³/mol. The maximum absolute atomic E-state index is 12.2. The van der Waals surface area contributed by atoms with Gasteiger partial charge >= 0.3 is 0 Å². The molecular weight excluding hydrogens is 264 g/mol. The molecule has 0 fully saturated rings. The number of H-pyrrole nitrogens is 1. The first kappa shape index (κ1) is 13.4. The minimum atomic E-state index is -0.263. The molecule has 1 unspecified atom stereocenters. The third-order valence-corrected chi connectivity index (χ3v) is 3.13. The van der Waals surface area contributed by atoms with Gasteiger partial charge in [-0.25, -0.2) is 4.98 Å². The highest BCUT2D eigenvalue weighted by Gasteiger charge is 2.17. The normalized spacial score (nSPS) is 12.1. The van der Waals surface area contributed by atoms with Crippen molar-refractivity contribution >= 4 is 23.2 Å². The Balaban J connectivity index is 2.18. The Morgan fingerprint density at radius 2 is 2.37 bits per heavy atom. The summed E-state index contributed by atoms with van der Waals surface area (Å²) in [6.45, 7) is 1.97. The number of nitrogens with zero attached hydrogens (tertiary/aromatic N) is 1. The lowest BCUT2D eigenvalue weighted by atomic mass is 10.1. The summed E-state index contributed by atoms with van der Waals surface area (Å²) in [6, 6.07) is 4.65. The summed E-state index contributed by atoms with van der Waals surface area (Å²) in [6.07, 6.45) is 4.09. The number of aromatic amines is 1. The minimum Gasteiger partial charge on any atom is -0.399 e. The lowest BCUT2D eigenvalue weighted by Gasteiger charge is -2.15. The van der Waals surface area contributed by atoms with E-state index < -0.39 is 0 Å². The van der Waals surface area contributed by atoms with Crippen LogP contribution >= 0.6 is 11.6 Å². The number of rotatable bonds is 4. The van der Waals surface area contributed by atoms with E-state index in [1.807, 2.05) is 6.92 Å². The summed E-state index contributed by atoms with van der Waals surface area (Å²) in [7, 11) is 0. The van der Waals surface area contributed by atoms with E-state index in [9.17, 15) is 4.79 Å². The van der Waals surface area contributed by atoms with Crippen LogP contribution in [-0.2, 0) is 0 Å². The summed E-state index contributed by atoms with van der Waals surface area (Å²) < 4.78 is 0. The van der Waals surface area contributed by atoms with Gasteiger partial charge in [-0.3, -0.25) is 4.79 Å². The molecule has 0 saturated heterocycles. The number of carbonyl (C=O) groups is 1. The molecule has 2 aromatic rings. The molecule has 1 aromatic heterocycles. The summed E-state index contributed by atoms with van der Waals surface area (Å²) in [4.78, 5) is 19.3. The quantitative estimate of drug-likeness (QED) is 0.752. The van der Waals surface area contributed by atoms with Crippen molar-refractivity contribution in [3.8, 4) is 0 Å². The van der Waals surface area contributed by atoms with Crippen molar-refractivity contribution in [3.63, 3.8) is 0 Å². The Morgan fingerprint density at radius 3 is 3.00 bits per heavy atom. The molecule has 0 bridgehead atoms. The van der Waals surface area contributed by atoms with Crippen LogP contribution in [0.5, 0.6) is 0 Å². The number of anilines is 1. The number of nitrogens with two attached hydrogens (primary N) is 1. The number of benzene rings is 1. The van der Waals surface area contributed by atoms with Crippen LogP contribution in [0, 0.1) is 0 Å². The second-order valence-electron chi connectivity index (χ2n) is 4.15. The van der Waals surface area contributed by atoms with E-state index in [4.69, 9.17) is 17.3 Å². The molecule has 0 spiro atoms. The monoisotopic (exact) mass is 278 g/mol. The van der Waals surface area contributed by atoms with Crippen molar-refractivity contribution < 1.29 is 4.79 Å². The average Bonchev–Trinajstić information content (AvgIpc) is 2.92. The third-order valence-electron chi connectivity index (χ3n) is 2.80. The van der Waals surface area contributed by atoms with Gasteiger partial charge in [0.05, 0.1) is 16.6 Å². The van der Waals surface area contributed by atoms with Crippen molar-refractivity contribution in [2.75, 3.05) is 5.73 Å². The molecule has 5 nitrogen and oxygen atoms in total. The van der Waals surface area contributed by atoms with Crippen LogP contribution in [0.3, 0.4) is 0 Å². The van der Waals surface area contributed by atoms with Gasteiger partial charge in [-0.1, -0.05) is 18.5 Å². The lowest BCUT2D eigenvalue weighted by Crippen LogP contribution is -2.29. The van der Waals surface area contributed by atoms with Crippen LogP contribution in [-0.4, -0.2) is 15.9 Å². The molecular formula is C13H15ClN4O. The van der Waals surface area contributed by atoms with Gasteiger partial charge in [0.25, 0.3) is 5.91 Å². The van der Waals surface area contributed by atoms with Gasteiger partial charge in [0.15, 0.2) is 0 Å². The molecule has 100 valence electrons. The SMILES string of the molecule is CCC(NC(=O)c1cc(N)ccc1Cl)c1ncc[nH]1. The molecule has 0 saturated carbocycles. The molecule has 2 rings (SSSR count). The van der Waals surface area contributed by atoms with Crippen LogP contribution in [0.2, 0.25) is 5.02 Å². The van der Waals surface area contributed by atoms with Gasteiger partial charge < -0.3 is 16.0 Å². The number of hydrogen-bond donors (Lipinski definition) is 3. The van der Waals surface area contributed by atoms with Crippen molar-refractivity contribution in [3.05, 3.63) is 47.0 Å². The van der Waals surface area contributed by atoms with Gasteiger partial charge in [0.2, 0.25) is 0 Å². The summed E-state index contributed by atoms with van der Waals surface area (Å²) >= 11 is 6.00. The molecule has 0 aliphatic heterocycles. The molecule has 1 atom stereocenters. The van der Waals surface area contributed by atoms with Crippen LogP contribution in [0.25, 0.3) is 0 Å². The van der Waals surface area contributed by atoms with Gasteiger partial charge in [0, 0.05) is 18.1 Å². The van der Waals surface area contributed by atoms with Crippen molar-refractivity contribution in [2.45, 2.75) is 19.4 Å². The third kappa shape index (κ3) is 3.06. The summed E-state index contributed by atoms with van der Waals surface area (Å²) in [5, 5.41) is 3.26. The molecule has 4 N–H and O–H groups in total. The van der Waals surface area contributed by atoms with Crippen LogP contribution < -0.4 is 11.1 Å². The second kappa shape index (κ2) is 5.75. The van der Waals surface area contributed by atoms with E-state index in [0.29, 0.717) is 16.3 Å². The molecule has 19 heavy (non-hydrogen) atoms. The number of amides is 1. The Kier molecular flexibility index (Phi) is 4.06. The molecule has 0 aliphatic carbocycles. The van der Waals surface area contributed by atoms with Gasteiger partial charge in [-0.2, -0.15) is 0 Å². The van der Waals surface area contributed by atoms with E-state index in [1.54, 1.807) is 30.6 Å². The number of aromatic nitrogens is 2. The maximum atomic E-state index is 12.2. The molecule has 1 amide bonds. The summed E-state index contributed by atoms with van der Waals surface area (Å²) in [5.74, 6) is 0.455. The van der Waals surface area contributed by atoms with Crippen molar-refractivity contribution in [2.24, 2.45) is 0 Å². The highest BCUT2D eigenvalue weighted by Crippen LogP contribution is 2.20. The lowest BCUT2D eigenvalue weighted by molar-refractivity contribution is 0.0934. The first-order valence-electron chi connectivity index (χ1n) is 5.97. The number of imidazole rings is 1. The van der Waals surface area contributed by atoms with E-state index in [2.05, 4.69) is 15.3 Å². The zero-order valence-electron chi connectivity index (χ0n) is 10.5. The molecule has 1 aromatic carbocycles. The molecule has 0 radical (unpaired) electrons. The van der Waals surface area contributed by atoms with Crippen LogP contribution in [0.1, 0.15) is 35.6 Å². The first-order valence-corrected chi connectivity index (χ1v) is 6.34. The average molecular weight is 279 g/mol. The summed E-state index contributed by atoms with van der Waals surface area (Å²) in [5.41, 5.74) is 6.53. The van der Waals surface area contributed by atoms with Gasteiger partial charge in [0.1, 0.15) is 5.82 Å². The Labute approximate surface area is 116 Å². The maximum Gasteiger partial charge on any atom is 0.253 e. The molecule has 0 aliphatic rings. The molecule has 6 heteroatoms. The van der Waals surface area contributed by atoms with Crippen LogP contribution in [0.4, 0.5) is 5.69 Å². The largest absolute Gasteiger partial charge is 0.399 e. The zero-order chi connectivity index (χ0) is 13.8. The van der Waals surface area contributed by atoms with E-state index in [0.717, 1.165) is 12.2 Å². The van der Waals surface area contributed by atoms with Gasteiger partial charge in [-0.05, 0) is 24.6 Å². The number of halogens is 1. The van der Waals surface area contributed by atoms with E-state index in [-0.39, 0.29) is 11.9 Å². The number of nitrogen functional groups attached to an aromatic ring is 1. The Bertz CT molecular complexity index is 568. The topological polar surface area (TPSA) is 83.8 Å². The van der Waals surface area contributed by atoms with Gasteiger partial charge in [-0.15, -0.1) is 0 Å². The fraction of sp³-hybridized carbons (Fsp3) is 0.231. The highest BCUT2D eigenvalue weighted by atomic mass is 35.5. The first-order chi connectivity index (χ1) is 9.11. The van der Waals surface area contributed by atoms with Crippen molar-refractivity contribution in [1.82, 2.24) is 15.3 Å². The Morgan fingerprint density at radius 1 is 1.58 bits per heavy atom. The van der Waals surface area contributed by atoms with E-state index in [1.165, 1.54) is 0 Å². The van der Waals surface area contributed by atoms with Crippen molar-refractivity contribution in [1.29, 1.82) is 0 Å². The highest BCUT2D eigenvalue weighted by molar-refractivity contribution is 6.34. The Hall–Kier alpha value is -2.01. The smallest absolute Gasteiger partial charge is 0.253 e. The van der Waals surface area contributed by atoms with Crippen LogP contribution in [0.15, 0.2) is 30.6 Å². The minimum absolute atomic E-state index is 0.181. The second-order valence-corrected chi connectivity index (χ2v) is 4.56. The van der Waals surface area contributed by atoms with E-state index >= 15 is 0 Å². The fourth-order valence-corrected chi connectivity index (χ4v) is 1.99. The number of carbonyl (C=O) groups excluding carboxylic acids is 1. The number of hydrogen-bond acceptors (Lipinski definition) is 3. The fourth-order valence-electron chi connectivity index (χ4n) is 1.78. The zero-order valence-corrected chi connectivity index (χ0v) is 11.2.